The van der Waals surface area contributed by atoms with Gasteiger partial charge in [0.15, 0.2) is 0 Å². The largest absolute Gasteiger partial charge is 0.488 e. The van der Waals surface area contributed by atoms with Gasteiger partial charge in [-0.3, -0.25) is 0 Å². The van der Waals surface area contributed by atoms with Crippen LogP contribution in [0.15, 0.2) is 87.9 Å². The molecular formula is C24H16BrN3O2. The molecule has 0 unspecified atom stereocenters. The third-order valence-corrected chi connectivity index (χ3v) is 4.93. The molecule has 5 nitrogen and oxygen atoms in total. The number of rotatable bonds is 6. The van der Waals surface area contributed by atoms with Gasteiger partial charge in [0.05, 0.1) is 4.47 Å². The molecule has 146 valence electrons. The van der Waals surface area contributed by atoms with Crippen LogP contribution in [-0.4, -0.2) is 10.1 Å². The number of nitrogens with zero attached hydrogens (tertiary/aromatic N) is 3. The van der Waals surface area contributed by atoms with Crippen LogP contribution in [0.5, 0.6) is 5.75 Å². The van der Waals surface area contributed by atoms with Crippen LogP contribution in [-0.2, 0) is 6.61 Å². The second-order valence-electron chi connectivity index (χ2n) is 6.42. The molecule has 3 aromatic carbocycles. The van der Waals surface area contributed by atoms with Gasteiger partial charge in [-0.1, -0.05) is 71.9 Å². The molecule has 4 aromatic rings. The van der Waals surface area contributed by atoms with Crippen LogP contribution < -0.4 is 4.74 Å². The molecule has 0 aliphatic rings. The minimum atomic E-state index is 0.178. The van der Waals surface area contributed by atoms with Crippen molar-refractivity contribution in [1.82, 2.24) is 10.1 Å². The summed E-state index contributed by atoms with van der Waals surface area (Å²) in [6.07, 6.45) is 1.70. The van der Waals surface area contributed by atoms with Crippen molar-refractivity contribution < 1.29 is 9.26 Å². The van der Waals surface area contributed by atoms with E-state index in [2.05, 4.69) is 32.1 Å². The Labute approximate surface area is 182 Å². The first-order valence-electron chi connectivity index (χ1n) is 9.20. The molecule has 0 aliphatic carbocycles. The Bertz CT molecular complexity index is 1210. The summed E-state index contributed by atoms with van der Waals surface area (Å²) in [5.74, 6) is 1.34. The lowest BCUT2D eigenvalue weighted by atomic mass is 10.1. The van der Waals surface area contributed by atoms with E-state index in [4.69, 9.17) is 9.26 Å². The van der Waals surface area contributed by atoms with Crippen molar-refractivity contribution in [2.45, 2.75) is 6.61 Å². The predicted molar refractivity (Wildman–Crippen MR) is 118 cm³/mol. The van der Waals surface area contributed by atoms with Crippen molar-refractivity contribution in [1.29, 1.82) is 5.26 Å². The molecule has 0 bridgehead atoms. The lowest BCUT2D eigenvalue weighted by molar-refractivity contribution is 0.304. The summed E-state index contributed by atoms with van der Waals surface area (Å²) in [4.78, 5) is 4.35. The van der Waals surface area contributed by atoms with Crippen LogP contribution >= 0.6 is 15.9 Å². The molecule has 6 heteroatoms. The molecule has 4 rings (SSSR count). The van der Waals surface area contributed by atoms with Crippen molar-refractivity contribution in [2.24, 2.45) is 0 Å². The Hall–Kier alpha value is -3.69. The number of nitriles is 1. The molecule has 1 heterocycles. The normalized spacial score (nSPS) is 11.1. The maximum absolute atomic E-state index is 9.57. The van der Waals surface area contributed by atoms with Gasteiger partial charge in [-0.05, 0) is 45.3 Å². The highest BCUT2D eigenvalue weighted by Gasteiger charge is 2.13. The van der Waals surface area contributed by atoms with E-state index in [0.717, 1.165) is 26.9 Å². The molecule has 0 aliphatic heterocycles. The summed E-state index contributed by atoms with van der Waals surface area (Å²) in [6.45, 7) is 0.475. The Morgan fingerprint density at radius 3 is 2.47 bits per heavy atom. The second-order valence-corrected chi connectivity index (χ2v) is 7.28. The average molecular weight is 458 g/mol. The summed E-state index contributed by atoms with van der Waals surface area (Å²) < 4.78 is 12.0. The van der Waals surface area contributed by atoms with Crippen molar-refractivity contribution in [3.05, 3.63) is 100 Å². The van der Waals surface area contributed by atoms with Gasteiger partial charge in [0.2, 0.25) is 5.82 Å². The average Bonchev–Trinajstić information content (AvgIpc) is 3.28. The smallest absolute Gasteiger partial charge is 0.268 e. The van der Waals surface area contributed by atoms with Crippen molar-refractivity contribution in [2.75, 3.05) is 0 Å². The van der Waals surface area contributed by atoms with E-state index < -0.39 is 0 Å². The van der Waals surface area contributed by atoms with Gasteiger partial charge in [-0.25, -0.2) is 0 Å². The third-order valence-electron chi connectivity index (χ3n) is 4.31. The van der Waals surface area contributed by atoms with E-state index in [1.807, 2.05) is 78.9 Å². The zero-order chi connectivity index (χ0) is 20.8. The van der Waals surface area contributed by atoms with Crippen LogP contribution in [0.3, 0.4) is 0 Å². The Balaban J connectivity index is 1.52. The number of benzene rings is 3. The summed E-state index contributed by atoms with van der Waals surface area (Å²) in [5, 5.41) is 13.5. The van der Waals surface area contributed by atoms with E-state index in [1.165, 1.54) is 0 Å². The molecule has 0 spiro atoms. The summed E-state index contributed by atoms with van der Waals surface area (Å²) in [5.41, 5.74) is 3.01. The van der Waals surface area contributed by atoms with Gasteiger partial charge in [-0.15, -0.1) is 0 Å². The second kappa shape index (κ2) is 9.21. The first-order chi connectivity index (χ1) is 14.7. The molecule has 0 radical (unpaired) electrons. The highest BCUT2D eigenvalue weighted by atomic mass is 79.9. The SMILES string of the molecule is N#CC(=Cc1ccc(OCc2ccccc2)c(Br)c1)c1nc(-c2ccccc2)no1. The van der Waals surface area contributed by atoms with E-state index >= 15 is 0 Å². The summed E-state index contributed by atoms with van der Waals surface area (Å²) in [6, 6.07) is 27.2. The van der Waals surface area contributed by atoms with E-state index in [1.54, 1.807) is 6.08 Å². The minimum absolute atomic E-state index is 0.178. The highest BCUT2D eigenvalue weighted by molar-refractivity contribution is 9.10. The summed E-state index contributed by atoms with van der Waals surface area (Å²) in [7, 11) is 0. The molecule has 0 amide bonds. The number of ether oxygens (including phenoxy) is 1. The Morgan fingerprint density at radius 2 is 1.77 bits per heavy atom. The van der Waals surface area contributed by atoms with Gasteiger partial charge >= 0.3 is 0 Å². The molecular weight excluding hydrogens is 442 g/mol. The topological polar surface area (TPSA) is 71.9 Å². The molecule has 0 saturated carbocycles. The molecule has 0 atom stereocenters. The molecule has 0 N–H and O–H groups in total. The summed E-state index contributed by atoms with van der Waals surface area (Å²) >= 11 is 3.53. The van der Waals surface area contributed by atoms with Gasteiger partial charge in [0, 0.05) is 5.56 Å². The quantitative estimate of drug-likeness (QED) is 0.325. The number of aromatic nitrogens is 2. The van der Waals surface area contributed by atoms with Gasteiger partial charge in [-0.2, -0.15) is 10.2 Å². The fraction of sp³-hybridized carbons (Fsp3) is 0.0417. The number of hydrogen-bond acceptors (Lipinski definition) is 5. The van der Waals surface area contributed by atoms with E-state index in [0.29, 0.717) is 12.4 Å². The first-order valence-corrected chi connectivity index (χ1v) is 10.00. The maximum Gasteiger partial charge on any atom is 0.268 e. The zero-order valence-electron chi connectivity index (χ0n) is 15.8. The number of hydrogen-bond donors (Lipinski definition) is 0. The Kier molecular flexibility index (Phi) is 6.02. The van der Waals surface area contributed by atoms with E-state index in [9.17, 15) is 5.26 Å². The molecule has 0 fully saturated rings. The first kappa shape index (κ1) is 19.6. The monoisotopic (exact) mass is 457 g/mol. The van der Waals surface area contributed by atoms with Crippen LogP contribution in [0.1, 0.15) is 17.0 Å². The fourth-order valence-corrected chi connectivity index (χ4v) is 3.32. The molecule has 0 saturated heterocycles. The van der Waals surface area contributed by atoms with E-state index in [-0.39, 0.29) is 11.5 Å². The van der Waals surface area contributed by atoms with Crippen molar-refractivity contribution >= 4 is 27.6 Å². The van der Waals surface area contributed by atoms with Crippen LogP contribution in [0.25, 0.3) is 23.0 Å². The molecule has 30 heavy (non-hydrogen) atoms. The van der Waals surface area contributed by atoms with Gasteiger partial charge in [0.1, 0.15) is 24.0 Å². The van der Waals surface area contributed by atoms with Crippen LogP contribution in [0, 0.1) is 11.3 Å². The van der Waals surface area contributed by atoms with Gasteiger partial charge in [0.25, 0.3) is 5.89 Å². The van der Waals surface area contributed by atoms with Crippen LogP contribution in [0.2, 0.25) is 0 Å². The van der Waals surface area contributed by atoms with Crippen molar-refractivity contribution in [3.63, 3.8) is 0 Å². The van der Waals surface area contributed by atoms with Crippen molar-refractivity contribution in [3.8, 4) is 23.2 Å². The standard InChI is InChI=1S/C24H16BrN3O2/c25-21-14-18(11-12-22(21)29-16-17-7-3-1-4-8-17)13-20(15-26)24-27-23(28-30-24)19-9-5-2-6-10-19/h1-14H,16H2. The predicted octanol–water partition coefficient (Wildman–Crippen LogP) is 6.14. The lowest BCUT2D eigenvalue weighted by Crippen LogP contribution is -1.95. The third kappa shape index (κ3) is 4.65. The molecule has 1 aromatic heterocycles. The number of halogens is 1. The highest BCUT2D eigenvalue weighted by Crippen LogP contribution is 2.29. The number of allylic oxidation sites excluding steroid dienone is 1. The minimum Gasteiger partial charge on any atom is -0.488 e. The van der Waals surface area contributed by atoms with Gasteiger partial charge < -0.3 is 9.26 Å². The maximum atomic E-state index is 9.57. The van der Waals surface area contributed by atoms with Crippen LogP contribution in [0.4, 0.5) is 0 Å². The lowest BCUT2D eigenvalue weighted by Gasteiger charge is -2.09. The Morgan fingerprint density at radius 1 is 1.03 bits per heavy atom. The zero-order valence-corrected chi connectivity index (χ0v) is 17.4. The fourth-order valence-electron chi connectivity index (χ4n) is 2.81.